The smallest absolute Gasteiger partial charge is 0.126 e. The minimum absolute atomic E-state index is 0.0918. The highest BCUT2D eigenvalue weighted by molar-refractivity contribution is 5.53. The van der Waals surface area contributed by atoms with Crippen molar-refractivity contribution in [2.24, 2.45) is 0 Å². The van der Waals surface area contributed by atoms with Crippen LogP contribution in [0.4, 0.5) is 0 Å². The highest BCUT2D eigenvalue weighted by Gasteiger charge is 2.33. The molecule has 0 saturated carbocycles. The van der Waals surface area contributed by atoms with Crippen molar-refractivity contribution >= 4 is 0 Å². The van der Waals surface area contributed by atoms with E-state index in [1.165, 1.54) is 0 Å². The molecule has 3 nitrogen and oxygen atoms in total. The van der Waals surface area contributed by atoms with E-state index in [-0.39, 0.29) is 5.60 Å². The molecule has 3 heteroatoms. The van der Waals surface area contributed by atoms with Crippen LogP contribution in [-0.4, -0.2) is 36.2 Å². The van der Waals surface area contributed by atoms with Gasteiger partial charge in [-0.05, 0) is 76.9 Å². The molecule has 1 aliphatic rings. The van der Waals surface area contributed by atoms with E-state index >= 15 is 0 Å². The highest BCUT2D eigenvalue weighted by atomic mass is 16.5. The van der Waals surface area contributed by atoms with Gasteiger partial charge in [0.2, 0.25) is 0 Å². The summed E-state index contributed by atoms with van der Waals surface area (Å²) in [6.45, 7) is 7.20. The Morgan fingerprint density at radius 1 is 1.32 bits per heavy atom. The average molecular weight is 263 g/mol. The molecule has 2 rings (SSSR count). The summed E-state index contributed by atoms with van der Waals surface area (Å²) < 4.78 is 6.30. The van der Waals surface area contributed by atoms with E-state index < -0.39 is 0 Å². The molecular formula is C16H25NO2. The largest absolute Gasteiger partial charge is 0.508 e. The Morgan fingerprint density at radius 2 is 2.00 bits per heavy atom. The van der Waals surface area contributed by atoms with E-state index in [1.807, 2.05) is 19.9 Å². The second-order valence-corrected chi connectivity index (χ2v) is 6.24. The monoisotopic (exact) mass is 263 g/mol. The summed E-state index contributed by atoms with van der Waals surface area (Å²) in [7, 11) is 4.18. The zero-order valence-corrected chi connectivity index (χ0v) is 12.7. The van der Waals surface area contributed by atoms with Gasteiger partial charge in [-0.2, -0.15) is 0 Å². The zero-order chi connectivity index (χ0) is 14.2. The Hall–Kier alpha value is -1.22. The maximum atomic E-state index is 9.90. The summed E-state index contributed by atoms with van der Waals surface area (Å²) in [4.78, 5) is 2.19. The third-order valence-electron chi connectivity index (χ3n) is 4.25. The van der Waals surface area contributed by atoms with Crippen molar-refractivity contribution in [2.45, 2.75) is 45.6 Å². The molecule has 0 fully saturated rings. The van der Waals surface area contributed by atoms with Gasteiger partial charge in [-0.15, -0.1) is 0 Å². The van der Waals surface area contributed by atoms with Crippen LogP contribution in [0.3, 0.4) is 0 Å². The van der Waals surface area contributed by atoms with E-state index in [0.717, 1.165) is 48.2 Å². The number of aryl methyl sites for hydroxylation is 1. The fourth-order valence-electron chi connectivity index (χ4n) is 2.60. The molecule has 1 aliphatic heterocycles. The van der Waals surface area contributed by atoms with E-state index in [2.05, 4.69) is 25.9 Å². The van der Waals surface area contributed by atoms with Crippen molar-refractivity contribution < 1.29 is 9.84 Å². The quantitative estimate of drug-likeness (QED) is 0.910. The van der Waals surface area contributed by atoms with Gasteiger partial charge in [0.05, 0.1) is 0 Å². The molecule has 1 unspecified atom stereocenters. The van der Waals surface area contributed by atoms with Crippen molar-refractivity contribution in [1.29, 1.82) is 0 Å². The molecule has 0 spiro atoms. The second-order valence-electron chi connectivity index (χ2n) is 6.24. The summed E-state index contributed by atoms with van der Waals surface area (Å²) in [6.07, 6.45) is 3.02. The molecule has 1 aromatic rings. The molecule has 0 saturated heterocycles. The first-order valence-corrected chi connectivity index (χ1v) is 6.98. The number of aromatic hydroxyl groups is 1. The number of nitrogens with zero attached hydrogens (tertiary/aromatic N) is 1. The average Bonchev–Trinajstić information content (AvgIpc) is 2.35. The number of rotatable bonds is 3. The molecule has 19 heavy (non-hydrogen) atoms. The standard InChI is InChI=1S/C16H25NO2/c1-11-12(2)15-13(10-14(11)18)6-7-16(3,19-15)8-9-17(4)5/h10,18H,6-9H2,1-5H3. The van der Waals surface area contributed by atoms with Crippen LogP contribution < -0.4 is 4.74 Å². The Labute approximate surface area is 116 Å². The van der Waals surface area contributed by atoms with Crippen molar-refractivity contribution in [3.8, 4) is 11.5 Å². The Balaban J connectivity index is 2.26. The van der Waals surface area contributed by atoms with Crippen LogP contribution in [0.1, 0.15) is 36.5 Å². The van der Waals surface area contributed by atoms with Crippen LogP contribution in [0, 0.1) is 13.8 Å². The number of benzene rings is 1. The molecule has 1 aromatic carbocycles. The summed E-state index contributed by atoms with van der Waals surface area (Å²) in [5.74, 6) is 1.37. The third kappa shape index (κ3) is 2.86. The molecule has 1 atom stereocenters. The Morgan fingerprint density at radius 3 is 2.63 bits per heavy atom. The van der Waals surface area contributed by atoms with Gasteiger partial charge in [0.25, 0.3) is 0 Å². The predicted octanol–water partition coefficient (Wildman–Crippen LogP) is 3.04. The van der Waals surface area contributed by atoms with Gasteiger partial charge < -0.3 is 14.7 Å². The number of hydrogen-bond donors (Lipinski definition) is 1. The first-order valence-electron chi connectivity index (χ1n) is 6.98. The lowest BCUT2D eigenvalue weighted by Gasteiger charge is -2.37. The normalized spacial score (nSPS) is 22.2. The van der Waals surface area contributed by atoms with E-state index in [9.17, 15) is 5.11 Å². The molecule has 1 heterocycles. The number of hydrogen-bond acceptors (Lipinski definition) is 3. The van der Waals surface area contributed by atoms with Gasteiger partial charge in [-0.1, -0.05) is 0 Å². The van der Waals surface area contributed by atoms with Crippen molar-refractivity contribution in [1.82, 2.24) is 4.90 Å². The minimum Gasteiger partial charge on any atom is -0.508 e. The van der Waals surface area contributed by atoms with Gasteiger partial charge in [-0.3, -0.25) is 0 Å². The van der Waals surface area contributed by atoms with E-state index in [0.29, 0.717) is 5.75 Å². The van der Waals surface area contributed by atoms with E-state index in [4.69, 9.17) is 4.74 Å². The molecule has 106 valence electrons. The summed E-state index contributed by atoms with van der Waals surface area (Å²) in [5, 5.41) is 9.90. The molecule has 0 aliphatic carbocycles. The number of phenolic OH excluding ortho intramolecular Hbond substituents is 1. The van der Waals surface area contributed by atoms with E-state index in [1.54, 1.807) is 0 Å². The topological polar surface area (TPSA) is 32.7 Å². The molecule has 1 N–H and O–H groups in total. The van der Waals surface area contributed by atoms with Crippen LogP contribution in [0.15, 0.2) is 6.07 Å². The first kappa shape index (κ1) is 14.2. The highest BCUT2D eigenvalue weighted by Crippen LogP contribution is 2.41. The Bertz CT molecular complexity index is 482. The van der Waals surface area contributed by atoms with Crippen molar-refractivity contribution in [3.63, 3.8) is 0 Å². The molecular weight excluding hydrogens is 238 g/mol. The Kier molecular flexibility index (Phi) is 3.77. The van der Waals surface area contributed by atoms with Crippen LogP contribution in [0.25, 0.3) is 0 Å². The van der Waals surface area contributed by atoms with Crippen LogP contribution >= 0.6 is 0 Å². The summed E-state index contributed by atoms with van der Waals surface area (Å²) in [5.41, 5.74) is 3.05. The fraction of sp³-hybridized carbons (Fsp3) is 0.625. The molecule has 0 radical (unpaired) electrons. The maximum absolute atomic E-state index is 9.90. The van der Waals surface area contributed by atoms with Crippen LogP contribution in [-0.2, 0) is 6.42 Å². The van der Waals surface area contributed by atoms with Gasteiger partial charge in [0.1, 0.15) is 17.1 Å². The molecule has 0 bridgehead atoms. The lowest BCUT2D eigenvalue weighted by molar-refractivity contribution is 0.0482. The van der Waals surface area contributed by atoms with Crippen molar-refractivity contribution in [3.05, 3.63) is 22.8 Å². The number of phenols is 1. The predicted molar refractivity (Wildman–Crippen MR) is 78.1 cm³/mol. The van der Waals surface area contributed by atoms with Gasteiger partial charge in [0, 0.05) is 6.54 Å². The number of ether oxygens (including phenoxy) is 1. The third-order valence-corrected chi connectivity index (χ3v) is 4.25. The summed E-state index contributed by atoms with van der Waals surface area (Å²) >= 11 is 0. The number of fused-ring (bicyclic) bond motifs is 1. The lowest BCUT2D eigenvalue weighted by Crippen LogP contribution is -2.39. The fourth-order valence-corrected chi connectivity index (χ4v) is 2.60. The minimum atomic E-state index is -0.0918. The molecule has 0 aromatic heterocycles. The van der Waals surface area contributed by atoms with Crippen LogP contribution in [0.2, 0.25) is 0 Å². The van der Waals surface area contributed by atoms with Gasteiger partial charge in [-0.25, -0.2) is 0 Å². The summed E-state index contributed by atoms with van der Waals surface area (Å²) in [6, 6.07) is 1.86. The van der Waals surface area contributed by atoms with Crippen molar-refractivity contribution in [2.75, 3.05) is 20.6 Å². The zero-order valence-electron chi connectivity index (χ0n) is 12.7. The maximum Gasteiger partial charge on any atom is 0.126 e. The SMILES string of the molecule is Cc1c(O)cc2c(c1C)OC(C)(CCN(C)C)CC2. The van der Waals surface area contributed by atoms with Gasteiger partial charge >= 0.3 is 0 Å². The molecule has 0 amide bonds. The van der Waals surface area contributed by atoms with Gasteiger partial charge in [0.15, 0.2) is 0 Å². The lowest BCUT2D eigenvalue weighted by atomic mass is 9.88. The van der Waals surface area contributed by atoms with Crippen LogP contribution in [0.5, 0.6) is 11.5 Å². The second kappa shape index (κ2) is 5.04. The first-order chi connectivity index (χ1) is 8.82.